The van der Waals surface area contributed by atoms with E-state index in [0.717, 1.165) is 0 Å². The van der Waals surface area contributed by atoms with Crippen LogP contribution in [0.4, 0.5) is 0 Å². The third kappa shape index (κ3) is 2.11. The molecule has 2 rings (SSSR count). The van der Waals surface area contributed by atoms with Crippen molar-refractivity contribution in [2.75, 3.05) is 6.54 Å². The lowest BCUT2D eigenvalue weighted by atomic mass is 10.2. The third-order valence-electron chi connectivity index (χ3n) is 2.44. The zero-order valence-electron chi connectivity index (χ0n) is 9.49. The summed E-state index contributed by atoms with van der Waals surface area (Å²) >= 11 is 0. The highest BCUT2D eigenvalue weighted by Crippen LogP contribution is 2.19. The van der Waals surface area contributed by atoms with Crippen LogP contribution in [-0.4, -0.2) is 24.9 Å². The largest absolute Gasteiger partial charge is 0.323 e. The Labute approximate surface area is 98.1 Å². The second-order valence-corrected chi connectivity index (χ2v) is 5.48. The van der Waals surface area contributed by atoms with Gasteiger partial charge < -0.3 is 9.97 Å². The number of benzene rings is 1. The predicted molar refractivity (Wildman–Crippen MR) is 64.5 cm³/mol. The summed E-state index contributed by atoms with van der Waals surface area (Å²) in [4.78, 5) is 16.4. The van der Waals surface area contributed by atoms with Crippen LogP contribution in [0.15, 0.2) is 21.8 Å². The molecule has 92 valence electrons. The number of hydrogen-bond donors (Lipinski definition) is 3. The Kier molecular flexibility index (Phi) is 2.80. The lowest BCUT2D eigenvalue weighted by molar-refractivity contribution is 0.583. The standard InChI is InChI=1S/C10H13N3O3S/c1-3-11-17(15,16)9-5-8-7(4-6(9)2)12-10(14)13-8/h4-5,11H,3H2,1-2H3,(H2,12,13,14). The number of H-pyrrole nitrogens is 2. The van der Waals surface area contributed by atoms with E-state index in [0.29, 0.717) is 23.1 Å². The summed E-state index contributed by atoms with van der Waals surface area (Å²) in [5.74, 6) is 0. The van der Waals surface area contributed by atoms with Crippen LogP contribution in [0, 0.1) is 6.92 Å². The maximum Gasteiger partial charge on any atom is 0.323 e. The second kappa shape index (κ2) is 4.01. The molecule has 0 unspecified atom stereocenters. The molecule has 1 aromatic carbocycles. The Morgan fingerprint density at radius 1 is 1.24 bits per heavy atom. The zero-order chi connectivity index (χ0) is 12.6. The Hall–Kier alpha value is -1.60. The van der Waals surface area contributed by atoms with Gasteiger partial charge in [0.1, 0.15) is 0 Å². The van der Waals surface area contributed by atoms with Crippen LogP contribution >= 0.6 is 0 Å². The van der Waals surface area contributed by atoms with Gasteiger partial charge in [0.2, 0.25) is 10.0 Å². The number of fused-ring (bicyclic) bond motifs is 1. The molecule has 0 fully saturated rings. The summed E-state index contributed by atoms with van der Waals surface area (Å²) in [6.45, 7) is 3.72. The van der Waals surface area contributed by atoms with Gasteiger partial charge in [0.15, 0.2) is 0 Å². The average Bonchev–Trinajstić information content (AvgIpc) is 2.55. The van der Waals surface area contributed by atoms with E-state index in [-0.39, 0.29) is 10.6 Å². The highest BCUT2D eigenvalue weighted by Gasteiger charge is 2.17. The van der Waals surface area contributed by atoms with Gasteiger partial charge in [-0.15, -0.1) is 0 Å². The number of aromatic amines is 2. The van der Waals surface area contributed by atoms with Crippen molar-refractivity contribution in [1.82, 2.24) is 14.7 Å². The molecule has 1 heterocycles. The van der Waals surface area contributed by atoms with Crippen LogP contribution in [0.1, 0.15) is 12.5 Å². The quantitative estimate of drug-likeness (QED) is 0.743. The van der Waals surface area contributed by atoms with Gasteiger partial charge >= 0.3 is 5.69 Å². The van der Waals surface area contributed by atoms with Crippen molar-refractivity contribution < 1.29 is 8.42 Å². The Balaban J connectivity index is 2.70. The van der Waals surface area contributed by atoms with Gasteiger partial charge in [-0.2, -0.15) is 0 Å². The molecule has 0 aliphatic rings. The normalized spacial score (nSPS) is 12.1. The third-order valence-corrected chi connectivity index (χ3v) is 4.12. The van der Waals surface area contributed by atoms with E-state index < -0.39 is 10.0 Å². The van der Waals surface area contributed by atoms with Crippen molar-refractivity contribution in [2.24, 2.45) is 0 Å². The predicted octanol–water partition coefficient (Wildman–Crippen LogP) is 0.463. The number of hydrogen-bond acceptors (Lipinski definition) is 3. The molecule has 0 radical (unpaired) electrons. The maximum absolute atomic E-state index is 11.9. The van der Waals surface area contributed by atoms with Crippen molar-refractivity contribution in [3.05, 3.63) is 28.2 Å². The lowest BCUT2D eigenvalue weighted by Crippen LogP contribution is -2.23. The number of sulfonamides is 1. The Bertz CT molecular complexity index is 712. The first-order valence-electron chi connectivity index (χ1n) is 5.16. The molecule has 0 amide bonds. The highest BCUT2D eigenvalue weighted by molar-refractivity contribution is 7.89. The molecular weight excluding hydrogens is 242 g/mol. The van der Waals surface area contributed by atoms with Gasteiger partial charge in [-0.05, 0) is 24.6 Å². The van der Waals surface area contributed by atoms with Gasteiger partial charge in [0.05, 0.1) is 15.9 Å². The summed E-state index contributed by atoms with van der Waals surface area (Å²) in [7, 11) is -3.51. The van der Waals surface area contributed by atoms with E-state index in [9.17, 15) is 13.2 Å². The molecule has 0 spiro atoms. The van der Waals surface area contributed by atoms with Crippen molar-refractivity contribution in [3.63, 3.8) is 0 Å². The summed E-state index contributed by atoms with van der Waals surface area (Å²) in [5, 5.41) is 0. The van der Waals surface area contributed by atoms with Gasteiger partial charge in [-0.1, -0.05) is 6.92 Å². The van der Waals surface area contributed by atoms with E-state index in [2.05, 4.69) is 14.7 Å². The van der Waals surface area contributed by atoms with Gasteiger partial charge in [0, 0.05) is 6.54 Å². The van der Waals surface area contributed by atoms with Crippen LogP contribution in [-0.2, 0) is 10.0 Å². The molecule has 0 atom stereocenters. The zero-order valence-corrected chi connectivity index (χ0v) is 10.3. The molecule has 1 aromatic heterocycles. The lowest BCUT2D eigenvalue weighted by Gasteiger charge is -2.07. The van der Waals surface area contributed by atoms with Gasteiger partial charge in [-0.3, -0.25) is 0 Å². The minimum atomic E-state index is -3.51. The van der Waals surface area contributed by atoms with Gasteiger partial charge in [-0.25, -0.2) is 17.9 Å². The maximum atomic E-state index is 11.9. The smallest absolute Gasteiger partial charge is 0.306 e. The number of aryl methyl sites for hydroxylation is 1. The monoisotopic (exact) mass is 255 g/mol. The molecule has 6 nitrogen and oxygen atoms in total. The van der Waals surface area contributed by atoms with Crippen molar-refractivity contribution >= 4 is 21.1 Å². The number of rotatable bonds is 3. The van der Waals surface area contributed by atoms with Crippen LogP contribution < -0.4 is 10.4 Å². The first-order chi connectivity index (χ1) is 7.94. The molecule has 0 bridgehead atoms. The number of aromatic nitrogens is 2. The van der Waals surface area contributed by atoms with Crippen LogP contribution in [0.3, 0.4) is 0 Å². The number of nitrogens with one attached hydrogen (secondary N) is 3. The Morgan fingerprint density at radius 2 is 1.82 bits per heavy atom. The van der Waals surface area contributed by atoms with E-state index in [1.807, 2.05) is 0 Å². The van der Waals surface area contributed by atoms with Crippen molar-refractivity contribution in [1.29, 1.82) is 0 Å². The second-order valence-electron chi connectivity index (χ2n) is 3.74. The molecule has 7 heteroatoms. The topological polar surface area (TPSA) is 94.8 Å². The van der Waals surface area contributed by atoms with E-state index in [4.69, 9.17) is 0 Å². The fourth-order valence-corrected chi connectivity index (χ4v) is 3.02. The van der Waals surface area contributed by atoms with E-state index in [1.54, 1.807) is 19.9 Å². The molecular formula is C10H13N3O3S. The molecule has 0 saturated carbocycles. The fraction of sp³-hybridized carbons (Fsp3) is 0.300. The SMILES string of the molecule is CCNS(=O)(=O)c1cc2[nH]c(=O)[nH]c2cc1C. The summed E-state index contributed by atoms with van der Waals surface area (Å²) in [6, 6.07) is 3.10. The molecule has 2 aromatic rings. The van der Waals surface area contributed by atoms with E-state index in [1.165, 1.54) is 6.07 Å². The fourth-order valence-electron chi connectivity index (χ4n) is 1.73. The van der Waals surface area contributed by atoms with Gasteiger partial charge in [0.25, 0.3) is 0 Å². The van der Waals surface area contributed by atoms with E-state index >= 15 is 0 Å². The summed E-state index contributed by atoms with van der Waals surface area (Å²) in [5.41, 5.74) is 1.33. The molecule has 0 saturated heterocycles. The van der Waals surface area contributed by atoms with Crippen LogP contribution in [0.2, 0.25) is 0 Å². The van der Waals surface area contributed by atoms with Crippen molar-refractivity contribution in [2.45, 2.75) is 18.7 Å². The minimum Gasteiger partial charge on any atom is -0.306 e. The first kappa shape index (κ1) is 11.9. The molecule has 17 heavy (non-hydrogen) atoms. The Morgan fingerprint density at radius 3 is 2.41 bits per heavy atom. The molecule has 0 aliphatic heterocycles. The summed E-state index contributed by atoms with van der Waals surface area (Å²) < 4.78 is 26.2. The summed E-state index contributed by atoms with van der Waals surface area (Å²) in [6.07, 6.45) is 0. The van der Waals surface area contributed by atoms with Crippen LogP contribution in [0.25, 0.3) is 11.0 Å². The highest BCUT2D eigenvalue weighted by atomic mass is 32.2. The average molecular weight is 255 g/mol. The number of imidazole rings is 1. The van der Waals surface area contributed by atoms with Crippen molar-refractivity contribution in [3.8, 4) is 0 Å². The first-order valence-corrected chi connectivity index (χ1v) is 6.64. The minimum absolute atomic E-state index is 0.183. The molecule has 0 aliphatic carbocycles. The van der Waals surface area contributed by atoms with Crippen LogP contribution in [0.5, 0.6) is 0 Å². The molecule has 3 N–H and O–H groups in total.